The van der Waals surface area contributed by atoms with Crippen LogP contribution in [0, 0.1) is 5.92 Å². The van der Waals surface area contributed by atoms with Crippen molar-refractivity contribution in [1.29, 1.82) is 0 Å². The first-order valence-electron chi connectivity index (χ1n) is 8.05. The van der Waals surface area contributed by atoms with Gasteiger partial charge in [0.25, 0.3) is 0 Å². The average molecular weight is 369 g/mol. The van der Waals surface area contributed by atoms with Crippen LogP contribution >= 0.6 is 23.2 Å². The summed E-state index contributed by atoms with van der Waals surface area (Å²) in [5.74, 6) is -0.153. The number of ether oxygens (including phenoxy) is 1. The van der Waals surface area contributed by atoms with E-state index in [0.29, 0.717) is 11.4 Å². The molecule has 128 valence electrons. The van der Waals surface area contributed by atoms with Crippen molar-refractivity contribution in [3.8, 4) is 5.75 Å². The van der Waals surface area contributed by atoms with Crippen LogP contribution in [0.1, 0.15) is 49.7 Å². The lowest BCUT2D eigenvalue weighted by atomic mass is 9.80. The Morgan fingerprint density at radius 1 is 1.38 bits per heavy atom. The number of hydrogen-bond donors (Lipinski definition) is 1. The van der Waals surface area contributed by atoms with Gasteiger partial charge in [-0.1, -0.05) is 36.5 Å². The Hall–Kier alpha value is -1.52. The van der Waals surface area contributed by atoms with Gasteiger partial charge in [-0.05, 0) is 48.0 Å². The Bertz CT molecular complexity index is 739. The molecule has 2 aliphatic rings. The summed E-state index contributed by atoms with van der Waals surface area (Å²) in [7, 11) is 0. The highest BCUT2D eigenvalue weighted by atomic mass is 35.5. The van der Waals surface area contributed by atoms with Gasteiger partial charge in [0.2, 0.25) is 0 Å². The molecule has 1 aromatic carbocycles. The highest BCUT2D eigenvalue weighted by molar-refractivity contribution is 6.44. The van der Waals surface area contributed by atoms with Gasteiger partial charge in [0, 0.05) is 12.0 Å². The Kier molecular flexibility index (Phi) is 4.88. The van der Waals surface area contributed by atoms with E-state index in [0.717, 1.165) is 36.0 Å². The number of hydrogen-bond acceptors (Lipinski definition) is 3. The Balaban J connectivity index is 2.12. The summed E-state index contributed by atoms with van der Waals surface area (Å²) in [5, 5.41) is 9.36. The van der Waals surface area contributed by atoms with Crippen molar-refractivity contribution >= 4 is 40.5 Å². The molecule has 1 N–H and O–H groups in total. The summed E-state index contributed by atoms with van der Waals surface area (Å²) in [5.41, 5.74) is 2.81. The molecule has 2 atom stereocenters. The topological polar surface area (TPSA) is 63.6 Å². The maximum absolute atomic E-state index is 11.9. The first-order chi connectivity index (χ1) is 11.4. The van der Waals surface area contributed by atoms with Crippen LogP contribution in [0.5, 0.6) is 5.75 Å². The third-order valence-corrected chi connectivity index (χ3v) is 5.60. The zero-order chi connectivity index (χ0) is 17.4. The van der Waals surface area contributed by atoms with Gasteiger partial charge in [0.15, 0.2) is 12.4 Å². The van der Waals surface area contributed by atoms with Crippen LogP contribution < -0.4 is 4.74 Å². The molecule has 0 spiro atoms. The maximum Gasteiger partial charge on any atom is 0.341 e. The van der Waals surface area contributed by atoms with E-state index in [4.69, 9.17) is 33.0 Å². The van der Waals surface area contributed by atoms with E-state index in [-0.39, 0.29) is 28.4 Å². The lowest BCUT2D eigenvalue weighted by Crippen LogP contribution is -2.14. The van der Waals surface area contributed by atoms with Crippen molar-refractivity contribution in [1.82, 2.24) is 0 Å². The van der Waals surface area contributed by atoms with Crippen LogP contribution in [0.4, 0.5) is 0 Å². The molecule has 0 radical (unpaired) electrons. The quantitative estimate of drug-likeness (QED) is 0.816. The molecular weight excluding hydrogens is 351 g/mol. The third kappa shape index (κ3) is 2.93. The molecule has 0 saturated carbocycles. The Morgan fingerprint density at radius 3 is 2.79 bits per heavy atom. The van der Waals surface area contributed by atoms with E-state index in [2.05, 4.69) is 6.92 Å². The fourth-order valence-electron chi connectivity index (χ4n) is 3.82. The fraction of sp³-hybridized carbons (Fsp3) is 0.444. The van der Waals surface area contributed by atoms with Gasteiger partial charge in [-0.3, -0.25) is 4.79 Å². The number of halogens is 2. The molecule has 0 saturated heterocycles. The maximum atomic E-state index is 11.9. The molecule has 2 aliphatic carbocycles. The fourth-order valence-corrected chi connectivity index (χ4v) is 4.33. The molecule has 0 amide bonds. The van der Waals surface area contributed by atoms with Gasteiger partial charge in [-0.2, -0.15) is 0 Å². The number of ketones is 1. The van der Waals surface area contributed by atoms with Gasteiger partial charge in [-0.25, -0.2) is 4.79 Å². The molecule has 1 unspecified atom stereocenters. The molecule has 4 nitrogen and oxygen atoms in total. The molecular formula is C18H18Cl2O4. The lowest BCUT2D eigenvalue weighted by molar-refractivity contribution is -0.139. The van der Waals surface area contributed by atoms with Gasteiger partial charge < -0.3 is 9.84 Å². The third-order valence-electron chi connectivity index (χ3n) is 4.75. The van der Waals surface area contributed by atoms with Crippen molar-refractivity contribution in [3.05, 3.63) is 33.3 Å². The van der Waals surface area contributed by atoms with Crippen molar-refractivity contribution in [2.45, 2.75) is 38.5 Å². The number of carbonyl (C=O) groups is 2. The monoisotopic (exact) mass is 368 g/mol. The average Bonchev–Trinajstić information content (AvgIpc) is 2.83. The van der Waals surface area contributed by atoms with Crippen LogP contribution in [0.25, 0.3) is 5.57 Å². The SMILES string of the molecule is CCC[C@H]1c2cc(OCC(=O)O)c(Cl)c(Cl)c2C2=CC(=O)CCC21. The van der Waals surface area contributed by atoms with E-state index in [1.165, 1.54) is 0 Å². The summed E-state index contributed by atoms with van der Waals surface area (Å²) in [4.78, 5) is 22.6. The molecule has 24 heavy (non-hydrogen) atoms. The van der Waals surface area contributed by atoms with E-state index < -0.39 is 12.6 Å². The van der Waals surface area contributed by atoms with E-state index >= 15 is 0 Å². The molecule has 3 rings (SSSR count). The second-order valence-corrected chi connectivity index (χ2v) is 7.01. The molecule has 0 aliphatic heterocycles. The molecule has 1 aromatic rings. The van der Waals surface area contributed by atoms with Gasteiger partial charge in [0.1, 0.15) is 10.8 Å². The first-order valence-corrected chi connectivity index (χ1v) is 8.80. The Labute approximate surface area is 150 Å². The zero-order valence-corrected chi connectivity index (χ0v) is 14.8. The number of allylic oxidation sites excluding steroid dienone is 2. The van der Waals surface area contributed by atoms with E-state index in [1.54, 1.807) is 12.1 Å². The summed E-state index contributed by atoms with van der Waals surface area (Å²) >= 11 is 12.8. The van der Waals surface area contributed by atoms with Crippen LogP contribution in [0.3, 0.4) is 0 Å². The van der Waals surface area contributed by atoms with Crippen molar-refractivity contribution in [3.63, 3.8) is 0 Å². The number of carbonyl (C=O) groups excluding carboxylic acids is 1. The number of carboxylic acids is 1. The van der Waals surface area contributed by atoms with E-state index in [9.17, 15) is 9.59 Å². The van der Waals surface area contributed by atoms with Crippen LogP contribution in [-0.4, -0.2) is 23.5 Å². The van der Waals surface area contributed by atoms with Crippen LogP contribution in [0.2, 0.25) is 10.0 Å². The number of carboxylic acid groups (broad SMARTS) is 1. The smallest absolute Gasteiger partial charge is 0.341 e. The number of aliphatic carboxylic acids is 1. The normalized spacial score (nSPS) is 22.0. The highest BCUT2D eigenvalue weighted by Crippen LogP contribution is 2.56. The van der Waals surface area contributed by atoms with Crippen LogP contribution in [0.15, 0.2) is 12.1 Å². The summed E-state index contributed by atoms with van der Waals surface area (Å²) in [6, 6.07) is 1.80. The molecule has 0 heterocycles. The minimum atomic E-state index is -1.07. The summed E-state index contributed by atoms with van der Waals surface area (Å²) in [6.07, 6.45) is 5.04. The highest BCUT2D eigenvalue weighted by Gasteiger charge is 2.40. The minimum Gasteiger partial charge on any atom is -0.480 e. The summed E-state index contributed by atoms with van der Waals surface area (Å²) in [6.45, 7) is 1.65. The van der Waals surface area contributed by atoms with Gasteiger partial charge in [-0.15, -0.1) is 0 Å². The van der Waals surface area contributed by atoms with Crippen molar-refractivity contribution < 1.29 is 19.4 Å². The van der Waals surface area contributed by atoms with E-state index in [1.807, 2.05) is 0 Å². The zero-order valence-electron chi connectivity index (χ0n) is 13.3. The largest absolute Gasteiger partial charge is 0.480 e. The molecule has 0 aromatic heterocycles. The predicted octanol–water partition coefficient (Wildman–Crippen LogP) is 4.72. The summed E-state index contributed by atoms with van der Waals surface area (Å²) < 4.78 is 5.30. The standard InChI is InChI=1S/C18H18Cl2O4/c1-2-3-10-11-5-4-9(21)6-12(11)16-13(10)7-14(17(19)18(16)20)24-8-15(22)23/h6-7,10-11H,2-5,8H2,1H3,(H,22,23)/t10-,11?/m1/s1. The second-order valence-electron chi connectivity index (χ2n) is 6.26. The minimum absolute atomic E-state index is 0.114. The molecule has 0 fully saturated rings. The lowest BCUT2D eigenvalue weighted by Gasteiger charge is -2.23. The van der Waals surface area contributed by atoms with Gasteiger partial charge >= 0.3 is 5.97 Å². The predicted molar refractivity (Wildman–Crippen MR) is 92.9 cm³/mol. The second kappa shape index (κ2) is 6.77. The van der Waals surface area contributed by atoms with Crippen LogP contribution in [-0.2, 0) is 9.59 Å². The van der Waals surface area contributed by atoms with Gasteiger partial charge in [0.05, 0.1) is 5.02 Å². The number of rotatable bonds is 5. The first kappa shape index (κ1) is 17.3. The molecule has 0 bridgehead atoms. The van der Waals surface area contributed by atoms with Crippen molar-refractivity contribution in [2.75, 3.05) is 6.61 Å². The molecule has 6 heteroatoms. The number of benzene rings is 1. The van der Waals surface area contributed by atoms with Crippen molar-refractivity contribution in [2.24, 2.45) is 5.92 Å². The Morgan fingerprint density at radius 2 is 2.12 bits per heavy atom. The number of fused-ring (bicyclic) bond motifs is 3.